The third-order valence-electron chi connectivity index (χ3n) is 3.59. The van der Waals surface area contributed by atoms with Crippen LogP contribution >= 0.6 is 11.6 Å². The van der Waals surface area contributed by atoms with Gasteiger partial charge in [0, 0.05) is 10.9 Å². The van der Waals surface area contributed by atoms with Crippen LogP contribution in [0.25, 0.3) is 0 Å². The van der Waals surface area contributed by atoms with Crippen LogP contribution in [-0.4, -0.2) is 25.8 Å². The van der Waals surface area contributed by atoms with Crippen LogP contribution < -0.4 is 5.73 Å². The van der Waals surface area contributed by atoms with Crippen LogP contribution in [0.5, 0.6) is 0 Å². The standard InChI is InChI=1S/C13H13ClN4O2/c14-10-4-2-1-3-8(10)7-5-9(12(19)20)11-16-13(15)17-18(11)6-7/h1-4,7,9H,5-6H2,(H2,15,17)(H,19,20). The van der Waals surface area contributed by atoms with Gasteiger partial charge in [-0.15, -0.1) is 5.10 Å². The molecule has 1 aromatic carbocycles. The van der Waals surface area contributed by atoms with Gasteiger partial charge >= 0.3 is 5.97 Å². The lowest BCUT2D eigenvalue weighted by atomic mass is 9.85. The second-order valence-corrected chi connectivity index (χ2v) is 5.26. The predicted octanol–water partition coefficient (Wildman–Crippen LogP) is 1.87. The molecule has 0 aliphatic carbocycles. The number of benzene rings is 1. The summed E-state index contributed by atoms with van der Waals surface area (Å²) in [6.07, 6.45) is 0.442. The maximum absolute atomic E-state index is 11.4. The Morgan fingerprint density at radius 3 is 2.90 bits per heavy atom. The molecule has 0 spiro atoms. The van der Waals surface area contributed by atoms with E-state index < -0.39 is 11.9 Å². The molecule has 0 bridgehead atoms. The smallest absolute Gasteiger partial charge is 0.314 e. The summed E-state index contributed by atoms with van der Waals surface area (Å²) in [5.74, 6) is -1.13. The monoisotopic (exact) mass is 292 g/mol. The van der Waals surface area contributed by atoms with Crippen molar-refractivity contribution in [2.75, 3.05) is 5.73 Å². The molecule has 0 fully saturated rings. The number of nitrogens with zero attached hydrogens (tertiary/aromatic N) is 3. The Hall–Kier alpha value is -2.08. The number of carboxylic acids is 1. The van der Waals surface area contributed by atoms with Crippen molar-refractivity contribution in [3.63, 3.8) is 0 Å². The summed E-state index contributed by atoms with van der Waals surface area (Å²) in [6, 6.07) is 7.46. The zero-order valence-corrected chi connectivity index (χ0v) is 11.3. The first kappa shape index (κ1) is 12.9. The molecule has 7 heteroatoms. The molecule has 0 saturated heterocycles. The topological polar surface area (TPSA) is 94.0 Å². The molecule has 2 unspecified atom stereocenters. The summed E-state index contributed by atoms with van der Waals surface area (Å²) in [7, 11) is 0. The van der Waals surface area contributed by atoms with E-state index >= 15 is 0 Å². The van der Waals surface area contributed by atoms with Gasteiger partial charge in [-0.1, -0.05) is 29.8 Å². The molecule has 1 aliphatic heterocycles. The van der Waals surface area contributed by atoms with Gasteiger partial charge in [0.2, 0.25) is 5.95 Å². The van der Waals surface area contributed by atoms with Gasteiger partial charge in [-0.05, 0) is 18.1 Å². The van der Waals surface area contributed by atoms with Gasteiger partial charge in [0.05, 0.1) is 6.54 Å². The zero-order chi connectivity index (χ0) is 14.3. The minimum Gasteiger partial charge on any atom is -0.481 e. The normalized spacial score (nSPS) is 21.4. The first-order valence-electron chi connectivity index (χ1n) is 6.23. The van der Waals surface area contributed by atoms with E-state index in [0.717, 1.165) is 5.56 Å². The van der Waals surface area contributed by atoms with Crippen LogP contribution in [0.15, 0.2) is 24.3 Å². The summed E-state index contributed by atoms with van der Waals surface area (Å²) < 4.78 is 1.58. The van der Waals surface area contributed by atoms with Crippen LogP contribution in [-0.2, 0) is 11.3 Å². The van der Waals surface area contributed by atoms with E-state index in [2.05, 4.69) is 10.1 Å². The highest BCUT2D eigenvalue weighted by atomic mass is 35.5. The highest BCUT2D eigenvalue weighted by Gasteiger charge is 2.35. The molecule has 2 atom stereocenters. The lowest BCUT2D eigenvalue weighted by Crippen LogP contribution is -2.28. The largest absolute Gasteiger partial charge is 0.481 e. The first-order chi connectivity index (χ1) is 9.56. The van der Waals surface area contributed by atoms with Gasteiger partial charge in [0.15, 0.2) is 0 Å². The number of carboxylic acid groups (broad SMARTS) is 1. The van der Waals surface area contributed by atoms with Crippen molar-refractivity contribution in [2.45, 2.75) is 24.8 Å². The Bertz CT molecular complexity index is 670. The second kappa shape index (κ2) is 4.79. The average Bonchev–Trinajstić information content (AvgIpc) is 2.77. The number of nitrogens with two attached hydrogens (primary N) is 1. The molecule has 2 heterocycles. The molecule has 20 heavy (non-hydrogen) atoms. The van der Waals surface area contributed by atoms with Crippen LogP contribution in [0, 0.1) is 0 Å². The van der Waals surface area contributed by atoms with Crippen molar-refractivity contribution < 1.29 is 9.90 Å². The zero-order valence-electron chi connectivity index (χ0n) is 10.5. The molecule has 1 aromatic heterocycles. The maximum atomic E-state index is 11.4. The minimum atomic E-state index is -0.921. The minimum absolute atomic E-state index is 0.0154. The Balaban J connectivity index is 2.02. The molecule has 0 saturated carbocycles. The molecule has 0 amide bonds. The fourth-order valence-corrected chi connectivity index (χ4v) is 2.97. The third kappa shape index (κ3) is 2.12. The van der Waals surface area contributed by atoms with Gasteiger partial charge in [-0.25, -0.2) is 4.68 Å². The number of aliphatic carboxylic acids is 1. The van der Waals surface area contributed by atoms with Gasteiger partial charge in [0.25, 0.3) is 0 Å². The van der Waals surface area contributed by atoms with E-state index in [0.29, 0.717) is 23.8 Å². The molecule has 104 valence electrons. The lowest BCUT2D eigenvalue weighted by molar-refractivity contribution is -0.139. The van der Waals surface area contributed by atoms with E-state index in [1.54, 1.807) is 10.7 Å². The summed E-state index contributed by atoms with van der Waals surface area (Å²) in [4.78, 5) is 15.5. The number of hydrogen-bond donors (Lipinski definition) is 2. The number of hydrogen-bond acceptors (Lipinski definition) is 4. The summed E-state index contributed by atoms with van der Waals surface area (Å²) >= 11 is 6.20. The Morgan fingerprint density at radius 1 is 1.45 bits per heavy atom. The SMILES string of the molecule is Nc1nc2n(n1)CC(c1ccccc1Cl)CC2C(=O)O. The Kier molecular flexibility index (Phi) is 3.10. The number of carbonyl (C=O) groups is 1. The predicted molar refractivity (Wildman–Crippen MR) is 73.6 cm³/mol. The number of rotatable bonds is 2. The van der Waals surface area contributed by atoms with E-state index in [1.165, 1.54) is 0 Å². The second-order valence-electron chi connectivity index (χ2n) is 4.86. The molecule has 0 radical (unpaired) electrons. The van der Waals surface area contributed by atoms with Crippen molar-refractivity contribution in [3.8, 4) is 0 Å². The third-order valence-corrected chi connectivity index (χ3v) is 3.93. The maximum Gasteiger partial charge on any atom is 0.314 e. The van der Waals surface area contributed by atoms with E-state index in [-0.39, 0.29) is 11.9 Å². The molecular formula is C13H13ClN4O2. The van der Waals surface area contributed by atoms with Gasteiger partial charge in [0.1, 0.15) is 11.7 Å². The Labute approximate surface area is 120 Å². The number of fused-ring (bicyclic) bond motifs is 1. The average molecular weight is 293 g/mol. The van der Waals surface area contributed by atoms with Gasteiger partial charge in [-0.2, -0.15) is 4.98 Å². The quantitative estimate of drug-likeness (QED) is 0.881. The van der Waals surface area contributed by atoms with Crippen molar-refractivity contribution in [1.29, 1.82) is 0 Å². The van der Waals surface area contributed by atoms with Crippen molar-refractivity contribution in [3.05, 3.63) is 40.7 Å². The summed E-state index contributed by atoms with van der Waals surface area (Å²) in [5, 5.41) is 14.1. The fraction of sp³-hybridized carbons (Fsp3) is 0.308. The van der Waals surface area contributed by atoms with Crippen LogP contribution in [0.4, 0.5) is 5.95 Å². The van der Waals surface area contributed by atoms with Crippen molar-refractivity contribution in [1.82, 2.24) is 14.8 Å². The van der Waals surface area contributed by atoms with Crippen molar-refractivity contribution in [2.24, 2.45) is 0 Å². The van der Waals surface area contributed by atoms with Crippen LogP contribution in [0.2, 0.25) is 5.02 Å². The molecule has 2 aromatic rings. The molecule has 1 aliphatic rings. The van der Waals surface area contributed by atoms with Crippen molar-refractivity contribution >= 4 is 23.5 Å². The van der Waals surface area contributed by atoms with Gasteiger partial charge in [-0.3, -0.25) is 4.79 Å². The first-order valence-corrected chi connectivity index (χ1v) is 6.61. The highest BCUT2D eigenvalue weighted by Crippen LogP contribution is 2.38. The van der Waals surface area contributed by atoms with Crippen LogP contribution in [0.3, 0.4) is 0 Å². The van der Waals surface area contributed by atoms with Crippen LogP contribution in [0.1, 0.15) is 29.6 Å². The van der Waals surface area contributed by atoms with E-state index in [4.69, 9.17) is 17.3 Å². The van der Waals surface area contributed by atoms with E-state index in [9.17, 15) is 9.90 Å². The number of anilines is 1. The summed E-state index contributed by atoms with van der Waals surface area (Å²) in [6.45, 7) is 0.535. The van der Waals surface area contributed by atoms with Gasteiger partial charge < -0.3 is 10.8 Å². The fourth-order valence-electron chi connectivity index (χ4n) is 2.68. The molecular weight excluding hydrogens is 280 g/mol. The molecule has 3 rings (SSSR count). The lowest BCUT2D eigenvalue weighted by Gasteiger charge is -2.27. The summed E-state index contributed by atoms with van der Waals surface area (Å²) in [5.41, 5.74) is 6.50. The molecule has 6 nitrogen and oxygen atoms in total. The highest BCUT2D eigenvalue weighted by molar-refractivity contribution is 6.31. The number of halogens is 1. The Morgan fingerprint density at radius 2 is 2.20 bits per heavy atom. The van der Waals surface area contributed by atoms with E-state index in [1.807, 2.05) is 18.2 Å². The number of aromatic nitrogens is 3. The molecule has 3 N–H and O–H groups in total. The number of nitrogen functional groups attached to an aromatic ring is 1.